The van der Waals surface area contributed by atoms with Crippen LogP contribution in [0.1, 0.15) is 75.9 Å². The maximum Gasteiger partial charge on any atom is 0.213 e. The largest absolute Gasteiger partial charge is 0.383 e. The Bertz CT molecular complexity index is 1600. The molecular formula is C31H36FN9. The first kappa shape index (κ1) is 28.1. The highest BCUT2D eigenvalue weighted by molar-refractivity contribution is 5.99. The number of hydrogen-bond acceptors (Lipinski definition) is 9. The molecule has 1 atom stereocenters. The molecule has 1 aliphatic carbocycles. The summed E-state index contributed by atoms with van der Waals surface area (Å²) in [5, 5.41) is 29.7. The summed E-state index contributed by atoms with van der Waals surface area (Å²) in [4.78, 5) is 8.54. The highest BCUT2D eigenvalue weighted by Crippen LogP contribution is 2.43. The average Bonchev–Trinajstić information content (AvgIpc) is 3.67. The first-order valence-corrected chi connectivity index (χ1v) is 13.8. The molecule has 9 nitrogen and oxygen atoms in total. The number of nitrogens with one attached hydrogen (secondary N) is 4. The van der Waals surface area contributed by atoms with Crippen molar-refractivity contribution < 1.29 is 4.39 Å². The summed E-state index contributed by atoms with van der Waals surface area (Å²) in [7, 11) is 0. The maximum absolute atomic E-state index is 14.0. The van der Waals surface area contributed by atoms with Gasteiger partial charge in [0.05, 0.1) is 39.6 Å². The third-order valence-electron chi connectivity index (χ3n) is 7.82. The summed E-state index contributed by atoms with van der Waals surface area (Å²) in [6.07, 6.45) is 5.92. The van der Waals surface area contributed by atoms with Gasteiger partial charge in [-0.25, -0.2) is 4.98 Å². The molecule has 0 amide bonds. The SMILES string of the molecule is Cc1nc(F)ccc1[C@H](Nc1cc(C#N)c2ncc(C#N)c(NCC(C)(C)C)c2c1)C1=CN(C(C)(C)C2CC2)NN1. The van der Waals surface area contributed by atoms with E-state index in [2.05, 4.69) is 83.3 Å². The third-order valence-corrected chi connectivity index (χ3v) is 7.82. The first-order chi connectivity index (χ1) is 19.4. The van der Waals surface area contributed by atoms with Crippen molar-refractivity contribution in [2.24, 2.45) is 11.3 Å². The summed E-state index contributed by atoms with van der Waals surface area (Å²) in [5.74, 6) is 0.0441. The van der Waals surface area contributed by atoms with Gasteiger partial charge in [-0.3, -0.25) is 9.99 Å². The number of rotatable bonds is 8. The van der Waals surface area contributed by atoms with Gasteiger partial charge in [0.2, 0.25) is 5.95 Å². The molecule has 2 aromatic heterocycles. The Hall–Kier alpha value is -4.41. The van der Waals surface area contributed by atoms with Crippen LogP contribution in [0.3, 0.4) is 0 Å². The Balaban J connectivity index is 1.61. The smallest absolute Gasteiger partial charge is 0.213 e. The molecule has 0 unspecified atom stereocenters. The summed E-state index contributed by atoms with van der Waals surface area (Å²) < 4.78 is 14.0. The van der Waals surface area contributed by atoms with Crippen LogP contribution in [0, 0.1) is 46.9 Å². The Morgan fingerprint density at radius 3 is 2.49 bits per heavy atom. The van der Waals surface area contributed by atoms with E-state index in [1.54, 1.807) is 19.1 Å². The Kier molecular flexibility index (Phi) is 7.23. The lowest BCUT2D eigenvalue weighted by Gasteiger charge is -2.34. The van der Waals surface area contributed by atoms with E-state index in [0.717, 1.165) is 11.3 Å². The maximum atomic E-state index is 14.0. The molecule has 1 aromatic carbocycles. The van der Waals surface area contributed by atoms with Gasteiger partial charge in [0.15, 0.2) is 0 Å². The number of fused-ring (bicyclic) bond motifs is 1. The average molecular weight is 554 g/mol. The summed E-state index contributed by atoms with van der Waals surface area (Å²) >= 11 is 0. The van der Waals surface area contributed by atoms with Crippen LogP contribution in [0.5, 0.6) is 0 Å². The number of hydrazine groups is 2. The normalized spacial score (nSPS) is 16.0. The van der Waals surface area contributed by atoms with Gasteiger partial charge in [0, 0.05) is 41.3 Å². The second-order valence-corrected chi connectivity index (χ2v) is 12.6. The molecule has 4 N–H and O–H groups in total. The van der Waals surface area contributed by atoms with Crippen LogP contribution in [0.2, 0.25) is 0 Å². The summed E-state index contributed by atoms with van der Waals surface area (Å²) in [5.41, 5.74) is 11.2. The lowest BCUT2D eigenvalue weighted by molar-refractivity contribution is 0.100. The quantitative estimate of drug-likeness (QED) is 0.257. The van der Waals surface area contributed by atoms with Crippen LogP contribution in [-0.4, -0.2) is 27.1 Å². The number of pyridine rings is 2. The fourth-order valence-electron chi connectivity index (χ4n) is 5.21. The van der Waals surface area contributed by atoms with Gasteiger partial charge in [-0.05, 0) is 63.1 Å². The van der Waals surface area contributed by atoms with Crippen molar-refractivity contribution in [3.8, 4) is 12.1 Å². The molecule has 0 bridgehead atoms. The lowest BCUT2D eigenvalue weighted by Crippen LogP contribution is -2.50. The van der Waals surface area contributed by atoms with Crippen LogP contribution in [0.4, 0.5) is 15.8 Å². The molecule has 0 spiro atoms. The van der Waals surface area contributed by atoms with E-state index in [9.17, 15) is 14.9 Å². The highest BCUT2D eigenvalue weighted by Gasteiger charge is 2.43. The topological polar surface area (TPSA) is 125 Å². The van der Waals surface area contributed by atoms with Crippen LogP contribution in [0.15, 0.2) is 42.4 Å². The fraction of sp³-hybridized carbons (Fsp3) is 0.419. The van der Waals surface area contributed by atoms with E-state index in [1.165, 1.54) is 25.1 Å². The van der Waals surface area contributed by atoms with Crippen molar-refractivity contribution in [3.05, 3.63) is 70.7 Å². The molecule has 5 rings (SSSR count). The molecule has 212 valence electrons. The van der Waals surface area contributed by atoms with Crippen LogP contribution < -0.4 is 21.6 Å². The van der Waals surface area contributed by atoms with E-state index in [0.29, 0.717) is 51.6 Å². The van der Waals surface area contributed by atoms with Gasteiger partial charge in [0.25, 0.3) is 0 Å². The van der Waals surface area contributed by atoms with E-state index in [-0.39, 0.29) is 11.0 Å². The van der Waals surface area contributed by atoms with Gasteiger partial charge in [-0.2, -0.15) is 14.9 Å². The van der Waals surface area contributed by atoms with Gasteiger partial charge in [-0.15, -0.1) is 5.53 Å². The van der Waals surface area contributed by atoms with E-state index >= 15 is 0 Å². The number of aryl methyl sites for hydroxylation is 1. The number of hydrogen-bond donors (Lipinski definition) is 4. The van der Waals surface area contributed by atoms with Crippen LogP contribution in [0.25, 0.3) is 10.9 Å². The zero-order valence-electron chi connectivity index (χ0n) is 24.4. The second-order valence-electron chi connectivity index (χ2n) is 12.6. The number of aromatic nitrogens is 2. The second kappa shape index (κ2) is 10.5. The van der Waals surface area contributed by atoms with Crippen LogP contribution >= 0.6 is 0 Å². The van der Waals surface area contributed by atoms with Crippen molar-refractivity contribution in [3.63, 3.8) is 0 Å². The van der Waals surface area contributed by atoms with Crippen molar-refractivity contribution in [2.45, 2.75) is 66.0 Å². The van der Waals surface area contributed by atoms with Gasteiger partial charge < -0.3 is 16.1 Å². The van der Waals surface area contributed by atoms with Crippen molar-refractivity contribution in [1.29, 1.82) is 10.5 Å². The molecular weight excluding hydrogens is 517 g/mol. The molecule has 1 saturated carbocycles. The Morgan fingerprint density at radius 1 is 1.12 bits per heavy atom. The van der Waals surface area contributed by atoms with Gasteiger partial charge in [0.1, 0.15) is 12.1 Å². The van der Waals surface area contributed by atoms with Gasteiger partial charge >= 0.3 is 0 Å². The Labute approximate surface area is 240 Å². The minimum Gasteiger partial charge on any atom is -0.383 e. The standard InChI is InChI=1S/C31H36FN9/c1-18-23(9-10-26(32)37-18)29(25-16-41(40-39-25)31(5,6)21-7-8-21)38-22-11-19(13-33)27-24(12-22)28(20(14-34)15-35-27)36-17-30(2,3)4/h9-12,15-16,21,29,38-40H,7-8,17H2,1-6H3,(H,35,36)/t29-/m0/s1. The van der Waals surface area contributed by atoms with E-state index < -0.39 is 12.0 Å². The van der Waals surface area contributed by atoms with Crippen molar-refractivity contribution in [1.82, 2.24) is 25.9 Å². The highest BCUT2D eigenvalue weighted by atomic mass is 19.1. The van der Waals surface area contributed by atoms with Gasteiger partial charge in [-0.1, -0.05) is 26.8 Å². The Morgan fingerprint density at radius 2 is 1.85 bits per heavy atom. The van der Waals surface area contributed by atoms with E-state index in [1.807, 2.05) is 12.3 Å². The molecule has 2 aliphatic rings. The zero-order chi connectivity index (χ0) is 29.5. The molecule has 3 aromatic rings. The van der Waals surface area contributed by atoms with Crippen LogP contribution in [-0.2, 0) is 0 Å². The molecule has 10 heteroatoms. The minimum absolute atomic E-state index is 0.0395. The molecule has 1 aliphatic heterocycles. The molecule has 1 fully saturated rings. The number of nitriles is 2. The minimum atomic E-state index is -0.546. The lowest BCUT2D eigenvalue weighted by atomic mass is 9.96. The number of benzene rings is 1. The number of halogens is 1. The predicted octanol–water partition coefficient (Wildman–Crippen LogP) is 5.79. The monoisotopic (exact) mass is 553 g/mol. The fourth-order valence-corrected chi connectivity index (χ4v) is 5.21. The summed E-state index contributed by atoms with van der Waals surface area (Å²) in [6, 6.07) is 10.8. The molecule has 41 heavy (non-hydrogen) atoms. The van der Waals surface area contributed by atoms with E-state index in [4.69, 9.17) is 0 Å². The number of nitrogens with zero attached hydrogens (tertiary/aromatic N) is 5. The summed E-state index contributed by atoms with van der Waals surface area (Å²) in [6.45, 7) is 13.1. The van der Waals surface area contributed by atoms with Crippen molar-refractivity contribution in [2.75, 3.05) is 17.2 Å². The number of anilines is 2. The predicted molar refractivity (Wildman–Crippen MR) is 157 cm³/mol. The first-order valence-electron chi connectivity index (χ1n) is 13.8. The van der Waals surface area contributed by atoms with Crippen molar-refractivity contribution >= 4 is 22.3 Å². The molecule has 0 radical (unpaired) electrons. The third kappa shape index (κ3) is 5.75. The molecule has 3 heterocycles. The molecule has 0 saturated heterocycles. The zero-order valence-corrected chi connectivity index (χ0v) is 24.4.